The van der Waals surface area contributed by atoms with Crippen LogP contribution in [0.3, 0.4) is 0 Å². The van der Waals surface area contributed by atoms with Gasteiger partial charge < -0.3 is 20.9 Å². The third-order valence-corrected chi connectivity index (χ3v) is 3.76. The quantitative estimate of drug-likeness (QED) is 0.177. The summed E-state index contributed by atoms with van der Waals surface area (Å²) in [5.41, 5.74) is 5.49. The molecule has 1 heterocycles. The van der Waals surface area contributed by atoms with Gasteiger partial charge in [0, 0.05) is 16.6 Å². The van der Waals surface area contributed by atoms with Crippen molar-refractivity contribution in [2.24, 2.45) is 10.7 Å². The van der Waals surface area contributed by atoms with Crippen LogP contribution >= 0.6 is 11.3 Å². The summed E-state index contributed by atoms with van der Waals surface area (Å²) in [6.45, 7) is 4.04. The van der Waals surface area contributed by atoms with Gasteiger partial charge in [0.05, 0.1) is 13.1 Å². The fraction of sp³-hybridized carbons (Fsp3) is 0.500. The van der Waals surface area contributed by atoms with Crippen molar-refractivity contribution < 1.29 is 9.84 Å². The molecule has 0 aliphatic rings. The second-order valence-electron chi connectivity index (χ2n) is 5.16. The summed E-state index contributed by atoms with van der Waals surface area (Å²) in [4.78, 5) is 9.00. The number of guanidine groups is 1. The van der Waals surface area contributed by atoms with E-state index < -0.39 is 11.6 Å². The van der Waals surface area contributed by atoms with Crippen molar-refractivity contribution in [1.82, 2.24) is 15.6 Å². The molecule has 0 saturated carbocycles. The minimum absolute atomic E-state index is 0.0242. The van der Waals surface area contributed by atoms with E-state index in [1.807, 2.05) is 13.8 Å². The van der Waals surface area contributed by atoms with Crippen LogP contribution in [-0.4, -0.2) is 41.9 Å². The second-order valence-corrected chi connectivity index (χ2v) is 6.15. The van der Waals surface area contributed by atoms with Gasteiger partial charge in [-0.1, -0.05) is 17.3 Å². The molecule has 1 rings (SSSR count). The van der Waals surface area contributed by atoms with Crippen LogP contribution in [0.15, 0.2) is 11.2 Å². The molecular formula is C14H20N6O2S. The molecule has 1 aromatic rings. The van der Waals surface area contributed by atoms with Crippen LogP contribution in [0.4, 0.5) is 0 Å². The summed E-state index contributed by atoms with van der Waals surface area (Å²) in [6.07, 6.45) is 7.65. The van der Waals surface area contributed by atoms with E-state index in [4.69, 9.17) is 22.2 Å². The molecule has 0 amide bonds. The van der Waals surface area contributed by atoms with Crippen molar-refractivity contribution in [3.05, 3.63) is 11.1 Å². The Bertz CT molecular complexity index is 608. The first-order valence-corrected chi connectivity index (χ1v) is 7.61. The highest BCUT2D eigenvalue weighted by atomic mass is 32.1. The van der Waals surface area contributed by atoms with Gasteiger partial charge in [-0.3, -0.25) is 5.32 Å². The van der Waals surface area contributed by atoms with E-state index in [9.17, 15) is 5.11 Å². The molecular weight excluding hydrogens is 316 g/mol. The Morgan fingerprint density at radius 1 is 1.70 bits per heavy atom. The van der Waals surface area contributed by atoms with E-state index in [0.717, 1.165) is 4.88 Å². The molecule has 1 atom stereocenters. The van der Waals surface area contributed by atoms with Crippen LogP contribution in [0.1, 0.15) is 18.7 Å². The van der Waals surface area contributed by atoms with Gasteiger partial charge in [0.2, 0.25) is 5.96 Å². The number of rotatable bonds is 7. The van der Waals surface area contributed by atoms with E-state index >= 15 is 0 Å². The predicted octanol–water partition coefficient (Wildman–Crippen LogP) is -0.274. The zero-order valence-electron chi connectivity index (χ0n) is 13.0. The standard InChI is InChI=1S/C14H20N6O2S/c1-4-5-17-12(20-9-15)18-6-10(21)8-22-13-19-7-11(23-13)14(2,3)16/h1,7,10,21H,5-6,8,16H2,2-3H3,(H2,17,18,20). The molecule has 0 spiro atoms. The first kappa shape index (κ1) is 18.7. The SMILES string of the molecule is C#CCNC(=NCC(O)COc1ncc(C(C)(C)N)s1)NC#N. The first-order chi connectivity index (χ1) is 10.9. The number of terminal acetylenes is 1. The maximum absolute atomic E-state index is 9.86. The van der Waals surface area contributed by atoms with E-state index in [0.29, 0.717) is 5.19 Å². The Kier molecular flexibility index (Phi) is 7.29. The number of hydrogen-bond donors (Lipinski definition) is 4. The van der Waals surface area contributed by atoms with E-state index in [1.54, 1.807) is 12.4 Å². The fourth-order valence-corrected chi connectivity index (χ4v) is 2.16. The number of aromatic nitrogens is 1. The normalized spacial score (nSPS) is 12.9. The van der Waals surface area contributed by atoms with Gasteiger partial charge in [0.25, 0.3) is 5.19 Å². The fourth-order valence-electron chi connectivity index (χ4n) is 1.37. The topological polar surface area (TPSA) is 129 Å². The monoisotopic (exact) mass is 336 g/mol. The minimum atomic E-state index is -0.851. The van der Waals surface area contributed by atoms with Crippen molar-refractivity contribution in [2.75, 3.05) is 19.7 Å². The molecule has 1 aromatic heterocycles. The maximum atomic E-state index is 9.86. The lowest BCUT2D eigenvalue weighted by atomic mass is 10.1. The molecule has 5 N–H and O–H groups in total. The number of thiazole rings is 1. The molecule has 0 aliphatic carbocycles. The molecule has 124 valence electrons. The summed E-state index contributed by atoms with van der Waals surface area (Å²) in [5, 5.41) is 23.9. The molecule has 0 aliphatic heterocycles. The van der Waals surface area contributed by atoms with Gasteiger partial charge in [-0.15, -0.1) is 6.42 Å². The summed E-state index contributed by atoms with van der Waals surface area (Å²) in [6, 6.07) is 0. The summed E-state index contributed by atoms with van der Waals surface area (Å²) < 4.78 is 5.41. The zero-order valence-corrected chi connectivity index (χ0v) is 13.9. The lowest BCUT2D eigenvalue weighted by Crippen LogP contribution is -2.36. The Morgan fingerprint density at radius 3 is 3.00 bits per heavy atom. The van der Waals surface area contributed by atoms with Gasteiger partial charge in [-0.25, -0.2) is 9.98 Å². The molecule has 9 heteroatoms. The number of nitriles is 1. The number of aliphatic hydroxyl groups excluding tert-OH is 1. The zero-order chi connectivity index (χ0) is 17.3. The smallest absolute Gasteiger partial charge is 0.273 e. The highest BCUT2D eigenvalue weighted by Crippen LogP contribution is 2.28. The van der Waals surface area contributed by atoms with Crippen molar-refractivity contribution >= 4 is 17.3 Å². The van der Waals surface area contributed by atoms with Crippen molar-refractivity contribution in [2.45, 2.75) is 25.5 Å². The summed E-state index contributed by atoms with van der Waals surface area (Å²) >= 11 is 1.33. The Morgan fingerprint density at radius 2 is 2.43 bits per heavy atom. The second kappa shape index (κ2) is 8.96. The van der Waals surface area contributed by atoms with Gasteiger partial charge in [-0.05, 0) is 13.8 Å². The highest BCUT2D eigenvalue weighted by Gasteiger charge is 2.18. The molecule has 1 unspecified atom stereocenters. The number of aliphatic imine (C=N–C) groups is 1. The van der Waals surface area contributed by atoms with Crippen molar-refractivity contribution in [3.8, 4) is 23.7 Å². The lowest BCUT2D eigenvalue weighted by Gasteiger charge is -2.14. The molecule has 0 fully saturated rings. The molecule has 0 aromatic carbocycles. The highest BCUT2D eigenvalue weighted by molar-refractivity contribution is 7.13. The third-order valence-electron chi connectivity index (χ3n) is 2.51. The number of nitrogens with one attached hydrogen (secondary N) is 2. The first-order valence-electron chi connectivity index (χ1n) is 6.79. The molecule has 0 radical (unpaired) electrons. The van der Waals surface area contributed by atoms with Gasteiger partial charge in [0.15, 0.2) is 6.19 Å². The van der Waals surface area contributed by atoms with Gasteiger partial charge in [-0.2, -0.15) is 5.26 Å². The van der Waals surface area contributed by atoms with E-state index in [-0.39, 0.29) is 25.7 Å². The lowest BCUT2D eigenvalue weighted by molar-refractivity contribution is 0.114. The summed E-state index contributed by atoms with van der Waals surface area (Å²) in [5.74, 6) is 2.56. The van der Waals surface area contributed by atoms with E-state index in [2.05, 4.69) is 26.5 Å². The number of aliphatic hydroxyl groups is 1. The third kappa shape index (κ3) is 6.98. The largest absolute Gasteiger partial charge is 0.467 e. The van der Waals surface area contributed by atoms with Crippen LogP contribution in [-0.2, 0) is 5.54 Å². The minimum Gasteiger partial charge on any atom is -0.467 e. The van der Waals surface area contributed by atoms with E-state index in [1.165, 1.54) is 11.3 Å². The number of hydrogen-bond acceptors (Lipinski definition) is 7. The molecule has 23 heavy (non-hydrogen) atoms. The molecule has 0 bridgehead atoms. The number of nitrogens with zero attached hydrogens (tertiary/aromatic N) is 3. The van der Waals surface area contributed by atoms with Gasteiger partial charge >= 0.3 is 0 Å². The molecule has 8 nitrogen and oxygen atoms in total. The van der Waals surface area contributed by atoms with Crippen LogP contribution in [0.25, 0.3) is 0 Å². The van der Waals surface area contributed by atoms with Gasteiger partial charge in [0.1, 0.15) is 12.7 Å². The molecule has 0 saturated heterocycles. The number of ether oxygens (including phenoxy) is 1. The summed E-state index contributed by atoms with van der Waals surface area (Å²) in [7, 11) is 0. The van der Waals surface area contributed by atoms with Crippen LogP contribution in [0.2, 0.25) is 0 Å². The average molecular weight is 336 g/mol. The van der Waals surface area contributed by atoms with Crippen LogP contribution in [0.5, 0.6) is 5.19 Å². The maximum Gasteiger partial charge on any atom is 0.273 e. The van der Waals surface area contributed by atoms with Crippen LogP contribution in [0, 0.1) is 23.8 Å². The predicted molar refractivity (Wildman–Crippen MR) is 88.7 cm³/mol. The number of nitrogens with two attached hydrogens (primary N) is 1. The van der Waals surface area contributed by atoms with Crippen LogP contribution < -0.4 is 21.1 Å². The average Bonchev–Trinajstić information content (AvgIpc) is 2.97. The Hall–Kier alpha value is -2.33. The van der Waals surface area contributed by atoms with Crippen molar-refractivity contribution in [3.63, 3.8) is 0 Å². The Labute approximate surface area is 139 Å². The van der Waals surface area contributed by atoms with Crippen molar-refractivity contribution in [1.29, 1.82) is 5.26 Å². The Balaban J connectivity index is 2.47.